The van der Waals surface area contributed by atoms with Crippen molar-refractivity contribution in [2.45, 2.75) is 78.4 Å². The number of rotatable bonds is 15. The average Bonchev–Trinajstić information content (AvgIpc) is 3.94. The maximum absolute atomic E-state index is 13.8. The van der Waals surface area contributed by atoms with Crippen molar-refractivity contribution in [3.8, 4) is 23.0 Å². The Hall–Kier alpha value is -9.16. The number of hydrogen-bond donors (Lipinski definition) is 0. The van der Waals surface area contributed by atoms with Gasteiger partial charge in [-0.3, -0.25) is 19.4 Å². The summed E-state index contributed by atoms with van der Waals surface area (Å²) in [5, 5.41) is 0. The number of hydrogen-bond acceptors (Lipinski definition) is 10. The van der Waals surface area contributed by atoms with Gasteiger partial charge in [0.1, 0.15) is 23.0 Å². The van der Waals surface area contributed by atoms with Crippen LogP contribution in [-0.4, -0.2) is 50.9 Å². The fraction of sp³-hybridized carbons (Fsp3) is 0.235. The molecule has 2 amide bonds. The molecule has 0 radical (unpaired) electrons. The van der Waals surface area contributed by atoms with Gasteiger partial charge in [-0.1, -0.05) is 74.5 Å². The average molecular weight is 1060 g/mol. The zero-order valence-corrected chi connectivity index (χ0v) is 46.3. The van der Waals surface area contributed by atoms with E-state index in [0.29, 0.717) is 90.3 Å². The highest BCUT2D eigenvalue weighted by Crippen LogP contribution is 2.60. The smallest absolute Gasteiger partial charge is 0.340 e. The fourth-order valence-electron chi connectivity index (χ4n) is 12.8. The third-order valence-electron chi connectivity index (χ3n) is 17.3. The summed E-state index contributed by atoms with van der Waals surface area (Å²) in [6, 6.07) is 50.8. The monoisotopic (exact) mass is 1060 g/mol. The Balaban J connectivity index is 0.860. The molecule has 0 saturated carbocycles. The normalized spacial score (nSPS) is 17.5. The van der Waals surface area contributed by atoms with Crippen LogP contribution >= 0.6 is 0 Å². The molecule has 12 heteroatoms. The van der Waals surface area contributed by atoms with Gasteiger partial charge >= 0.3 is 11.9 Å². The highest BCUT2D eigenvalue weighted by molar-refractivity contribution is 5.99. The molecule has 402 valence electrons. The molecule has 4 heterocycles. The van der Waals surface area contributed by atoms with Gasteiger partial charge < -0.3 is 28.7 Å². The molecule has 2 spiro atoms. The number of benzene rings is 8. The van der Waals surface area contributed by atoms with E-state index in [4.69, 9.17) is 18.9 Å². The van der Waals surface area contributed by atoms with E-state index in [-0.39, 0.29) is 0 Å². The number of amides is 2. The van der Waals surface area contributed by atoms with Crippen LogP contribution in [0, 0.1) is 13.8 Å². The fourth-order valence-corrected chi connectivity index (χ4v) is 12.8. The van der Waals surface area contributed by atoms with Gasteiger partial charge in [0.2, 0.25) is 12.8 Å². The van der Waals surface area contributed by atoms with Crippen LogP contribution in [0.5, 0.6) is 23.0 Å². The van der Waals surface area contributed by atoms with Crippen molar-refractivity contribution in [2.24, 2.45) is 0 Å². The van der Waals surface area contributed by atoms with E-state index in [1.165, 1.54) is 0 Å². The van der Waals surface area contributed by atoms with E-state index in [1.807, 2.05) is 135 Å². The largest absolute Gasteiger partial charge is 0.456 e. The second-order valence-electron chi connectivity index (χ2n) is 21.1. The minimum atomic E-state index is -1.32. The first kappa shape index (κ1) is 51.6. The van der Waals surface area contributed by atoms with E-state index < -0.39 is 28.6 Å². The van der Waals surface area contributed by atoms with Gasteiger partial charge in [0, 0.05) is 99.9 Å². The number of nitrogens with zero attached hydrogens (tertiary/aromatic N) is 4. The molecule has 12 nitrogen and oxygen atoms in total. The molecule has 0 aliphatic carbocycles. The van der Waals surface area contributed by atoms with Crippen molar-refractivity contribution in [3.05, 3.63) is 224 Å². The summed E-state index contributed by atoms with van der Waals surface area (Å²) in [5.74, 6) is 1.44. The second kappa shape index (κ2) is 19.6. The molecule has 12 rings (SSSR count). The Bertz CT molecular complexity index is 3580. The molecule has 0 saturated heterocycles. The quantitative estimate of drug-likeness (QED) is 0.0725. The Morgan fingerprint density at radius 3 is 1.16 bits per heavy atom. The number of aryl methyl sites for hydroxylation is 2. The minimum Gasteiger partial charge on any atom is -0.456 e. The molecule has 80 heavy (non-hydrogen) atoms. The van der Waals surface area contributed by atoms with Crippen LogP contribution in [0.3, 0.4) is 0 Å². The summed E-state index contributed by atoms with van der Waals surface area (Å²) in [6.07, 6.45) is 2.37. The van der Waals surface area contributed by atoms with E-state index >= 15 is 0 Å². The highest BCUT2D eigenvalue weighted by Gasteiger charge is 2.55. The summed E-state index contributed by atoms with van der Waals surface area (Å²) < 4.78 is 26.5. The van der Waals surface area contributed by atoms with Gasteiger partial charge in [0.15, 0.2) is 11.2 Å². The molecule has 8 aromatic rings. The number of esters is 2. The summed E-state index contributed by atoms with van der Waals surface area (Å²) in [7, 11) is 0. The van der Waals surface area contributed by atoms with Crippen molar-refractivity contribution in [3.63, 3.8) is 0 Å². The van der Waals surface area contributed by atoms with Crippen LogP contribution < -0.4 is 29.1 Å². The molecule has 2 unspecified atom stereocenters. The summed E-state index contributed by atoms with van der Waals surface area (Å²) in [6.45, 7) is 19.9. The summed E-state index contributed by atoms with van der Waals surface area (Å²) in [5.41, 5.74) is 10.1. The van der Waals surface area contributed by atoms with Gasteiger partial charge in [0.25, 0.3) is 0 Å². The number of carbonyl (C=O) groups excluding carboxylic acids is 4. The van der Waals surface area contributed by atoms with Crippen molar-refractivity contribution in [1.29, 1.82) is 0 Å². The molecule has 4 aliphatic rings. The lowest BCUT2D eigenvalue weighted by molar-refractivity contribution is -0.107. The predicted octanol–water partition coefficient (Wildman–Crippen LogP) is 14.4. The molecular weight excluding hydrogens is 1000 g/mol. The van der Waals surface area contributed by atoms with Crippen LogP contribution in [0.1, 0.15) is 124 Å². The van der Waals surface area contributed by atoms with E-state index in [0.717, 1.165) is 79.0 Å². The Labute approximate surface area is 466 Å². The van der Waals surface area contributed by atoms with E-state index in [9.17, 15) is 19.2 Å². The molecule has 2 atom stereocenters. The highest BCUT2D eigenvalue weighted by atomic mass is 16.6. The number of carbonyl (C=O) groups is 4. The van der Waals surface area contributed by atoms with Gasteiger partial charge in [-0.2, -0.15) is 0 Å². The first-order valence-electron chi connectivity index (χ1n) is 27.6. The van der Waals surface area contributed by atoms with E-state index in [1.54, 1.807) is 21.9 Å². The van der Waals surface area contributed by atoms with Crippen molar-refractivity contribution < 1.29 is 38.1 Å². The topological polar surface area (TPSA) is 118 Å². The third kappa shape index (κ3) is 7.62. The van der Waals surface area contributed by atoms with Gasteiger partial charge in [-0.05, 0) is 155 Å². The summed E-state index contributed by atoms with van der Waals surface area (Å²) >= 11 is 0. The molecular formula is C68H62N4O8. The van der Waals surface area contributed by atoms with Gasteiger partial charge in [-0.25, -0.2) is 9.59 Å². The van der Waals surface area contributed by atoms with Crippen molar-refractivity contribution >= 4 is 58.9 Å². The summed E-state index contributed by atoms with van der Waals surface area (Å²) in [4.78, 5) is 62.1. The molecule has 0 fully saturated rings. The second-order valence-corrected chi connectivity index (χ2v) is 21.1. The molecule has 0 N–H and O–H groups in total. The van der Waals surface area contributed by atoms with Crippen molar-refractivity contribution in [2.75, 3.05) is 45.8 Å². The van der Waals surface area contributed by atoms with Crippen LogP contribution in [0.15, 0.2) is 158 Å². The maximum atomic E-state index is 13.8. The third-order valence-corrected chi connectivity index (χ3v) is 17.3. The molecule has 4 aliphatic heterocycles. The first-order chi connectivity index (χ1) is 38.8. The SMILES string of the molecule is CCN(CC)c1ccc2c(c1)Oc1cc(C)c(N(C=O)c3ccc(C(C)(CC)c4ccc(N(C=O)c5cc6c(cc5C)Oc5cc(N(CC)CC)ccc5C65OC(=O)c6ccccc65)cc4)cc3)cc1C21OC(=O)c2ccccc21. The minimum absolute atomic E-state index is 0.428. The lowest BCUT2D eigenvalue weighted by Crippen LogP contribution is -2.34. The zero-order valence-electron chi connectivity index (χ0n) is 46.3. The standard InChI is InChI=1S/C68H62N4O8/c1-9-66(8,44-22-26-46(27-23-44)71(40-73)58-38-56-60(34-42(58)6)77-62-36-48(69(10-2)11-3)30-32-54(62)67(56)52-20-16-14-18-50(52)64(75)79-67)45-24-28-47(29-25-45)72(41-74)59-39-57-61(35-43(59)7)78-63-37-49(70(12-4)13-5)31-33-55(63)68(57)53-21-17-15-19-51(53)65(76)80-68/h14-41H,9-13H2,1-8H3. The van der Waals surface area contributed by atoms with Crippen molar-refractivity contribution in [1.82, 2.24) is 0 Å². The lowest BCUT2D eigenvalue weighted by Gasteiger charge is -2.38. The van der Waals surface area contributed by atoms with E-state index in [2.05, 4.69) is 75.6 Å². The maximum Gasteiger partial charge on any atom is 0.340 e. The van der Waals surface area contributed by atoms with Gasteiger partial charge in [-0.15, -0.1) is 0 Å². The Morgan fingerprint density at radius 1 is 0.438 bits per heavy atom. The number of fused-ring (bicyclic) bond motifs is 12. The number of ether oxygens (including phenoxy) is 4. The number of anilines is 6. The van der Waals surface area contributed by atoms with Crippen LogP contribution in [0.2, 0.25) is 0 Å². The Morgan fingerprint density at radius 2 is 0.800 bits per heavy atom. The van der Waals surface area contributed by atoms with Crippen LogP contribution in [0.4, 0.5) is 34.1 Å². The first-order valence-corrected chi connectivity index (χ1v) is 27.6. The lowest BCUT2D eigenvalue weighted by atomic mass is 9.74. The molecule has 0 aromatic heterocycles. The Kier molecular flexibility index (Phi) is 12.7. The van der Waals surface area contributed by atoms with Crippen LogP contribution in [0.25, 0.3) is 0 Å². The zero-order chi connectivity index (χ0) is 55.8. The van der Waals surface area contributed by atoms with Gasteiger partial charge in [0.05, 0.1) is 22.5 Å². The van der Waals surface area contributed by atoms with Crippen LogP contribution in [-0.2, 0) is 35.7 Å². The molecule has 8 aromatic carbocycles. The predicted molar refractivity (Wildman–Crippen MR) is 312 cm³/mol. The molecule has 0 bridgehead atoms.